The average Bonchev–Trinajstić information content (AvgIpc) is 2.48. The third-order valence-corrected chi connectivity index (χ3v) is 3.51. The van der Waals surface area contributed by atoms with Gasteiger partial charge in [0, 0.05) is 17.2 Å². The summed E-state index contributed by atoms with van der Waals surface area (Å²) in [5.41, 5.74) is 2.56. The minimum Gasteiger partial charge on any atom is -0.481 e. The number of aryl methyl sites for hydroxylation is 1. The third kappa shape index (κ3) is 2.63. The molecule has 0 aliphatic heterocycles. The average molecular weight is 294 g/mol. The van der Waals surface area contributed by atoms with Crippen molar-refractivity contribution >= 4 is 16.9 Å². The molecule has 0 saturated carbocycles. The predicted octanol–water partition coefficient (Wildman–Crippen LogP) is 3.40. The second-order valence-corrected chi connectivity index (χ2v) is 5.21. The Kier molecular flexibility index (Phi) is 3.51. The highest BCUT2D eigenvalue weighted by atomic mass is 16.4. The molecule has 0 aliphatic carbocycles. The van der Waals surface area contributed by atoms with Gasteiger partial charge in [-0.3, -0.25) is 9.59 Å². The summed E-state index contributed by atoms with van der Waals surface area (Å²) in [4.78, 5) is 23.2. The van der Waals surface area contributed by atoms with Crippen LogP contribution < -0.4 is 5.43 Å². The SMILES string of the molecule is Cc1ccc(-c2cc(=O)c3cccc(CC(=O)O)c3o2)cc1. The first-order valence-electron chi connectivity index (χ1n) is 6.89. The molecule has 0 atom stereocenters. The van der Waals surface area contributed by atoms with Crippen molar-refractivity contribution in [1.82, 2.24) is 0 Å². The first kappa shape index (κ1) is 14.1. The Morgan fingerprint density at radius 2 is 1.86 bits per heavy atom. The number of carboxylic acid groups (broad SMARTS) is 1. The van der Waals surface area contributed by atoms with Gasteiger partial charge in [0.05, 0.1) is 11.8 Å². The summed E-state index contributed by atoms with van der Waals surface area (Å²) in [6.07, 6.45) is -0.183. The quantitative estimate of drug-likeness (QED) is 0.804. The first-order chi connectivity index (χ1) is 10.5. The Balaban J connectivity index is 2.23. The lowest BCUT2D eigenvalue weighted by atomic mass is 10.1. The van der Waals surface area contributed by atoms with Crippen LogP contribution in [0.25, 0.3) is 22.3 Å². The van der Waals surface area contributed by atoms with Crippen LogP contribution >= 0.6 is 0 Å². The maximum Gasteiger partial charge on any atom is 0.307 e. The van der Waals surface area contributed by atoms with E-state index in [1.807, 2.05) is 31.2 Å². The van der Waals surface area contributed by atoms with E-state index >= 15 is 0 Å². The van der Waals surface area contributed by atoms with E-state index in [2.05, 4.69) is 0 Å². The molecule has 0 aliphatic rings. The zero-order valence-corrected chi connectivity index (χ0v) is 12.0. The second-order valence-electron chi connectivity index (χ2n) is 5.21. The highest BCUT2D eigenvalue weighted by Crippen LogP contribution is 2.25. The molecular formula is C18H14O4. The molecule has 0 unspecified atom stereocenters. The molecule has 110 valence electrons. The molecule has 0 fully saturated rings. The smallest absolute Gasteiger partial charge is 0.307 e. The number of hydrogen-bond acceptors (Lipinski definition) is 3. The van der Waals surface area contributed by atoms with Crippen LogP contribution in [0.2, 0.25) is 0 Å². The number of aliphatic carboxylic acids is 1. The molecule has 0 bridgehead atoms. The normalized spacial score (nSPS) is 10.8. The fourth-order valence-electron chi connectivity index (χ4n) is 2.40. The number of para-hydroxylation sites is 1. The standard InChI is InChI=1S/C18H14O4/c1-11-5-7-12(8-6-11)16-10-15(19)14-4-2-3-13(9-17(20)21)18(14)22-16/h2-8,10H,9H2,1H3,(H,20,21). The first-order valence-corrected chi connectivity index (χ1v) is 6.89. The Labute approximate surface area is 126 Å². The van der Waals surface area contributed by atoms with Crippen molar-refractivity contribution in [1.29, 1.82) is 0 Å². The molecule has 1 N–H and O–H groups in total. The van der Waals surface area contributed by atoms with E-state index in [1.165, 1.54) is 6.07 Å². The van der Waals surface area contributed by atoms with E-state index in [9.17, 15) is 9.59 Å². The molecule has 0 amide bonds. The van der Waals surface area contributed by atoms with E-state index < -0.39 is 5.97 Å². The molecule has 0 saturated heterocycles. The Morgan fingerprint density at radius 3 is 2.55 bits per heavy atom. The van der Waals surface area contributed by atoms with Crippen LogP contribution in [0.4, 0.5) is 0 Å². The third-order valence-electron chi connectivity index (χ3n) is 3.51. The van der Waals surface area contributed by atoms with Gasteiger partial charge in [0.1, 0.15) is 11.3 Å². The molecule has 3 aromatic rings. The highest BCUT2D eigenvalue weighted by molar-refractivity contribution is 5.85. The second kappa shape index (κ2) is 5.48. The predicted molar refractivity (Wildman–Crippen MR) is 84.0 cm³/mol. The monoisotopic (exact) mass is 294 g/mol. The summed E-state index contributed by atoms with van der Waals surface area (Å²) in [5, 5.41) is 9.39. The fourth-order valence-corrected chi connectivity index (χ4v) is 2.40. The highest BCUT2D eigenvalue weighted by Gasteiger charge is 2.12. The Morgan fingerprint density at radius 1 is 1.14 bits per heavy atom. The molecule has 2 aromatic carbocycles. The van der Waals surface area contributed by atoms with Crippen LogP contribution in [0.3, 0.4) is 0 Å². The van der Waals surface area contributed by atoms with Gasteiger partial charge < -0.3 is 9.52 Å². The zero-order valence-electron chi connectivity index (χ0n) is 12.0. The van der Waals surface area contributed by atoms with Gasteiger partial charge in [-0.2, -0.15) is 0 Å². The summed E-state index contributed by atoms with van der Waals surface area (Å²) in [6, 6.07) is 14.0. The van der Waals surface area contributed by atoms with E-state index in [1.54, 1.807) is 18.2 Å². The van der Waals surface area contributed by atoms with Gasteiger partial charge in [-0.05, 0) is 13.0 Å². The Hall–Kier alpha value is -2.88. The number of rotatable bonds is 3. The van der Waals surface area contributed by atoms with Gasteiger partial charge in [0.15, 0.2) is 5.43 Å². The van der Waals surface area contributed by atoms with Crippen molar-refractivity contribution in [3.8, 4) is 11.3 Å². The lowest BCUT2D eigenvalue weighted by molar-refractivity contribution is -0.136. The fraction of sp³-hybridized carbons (Fsp3) is 0.111. The number of hydrogen-bond donors (Lipinski definition) is 1. The lowest BCUT2D eigenvalue weighted by Crippen LogP contribution is -2.05. The largest absolute Gasteiger partial charge is 0.481 e. The van der Waals surface area contributed by atoms with Crippen molar-refractivity contribution in [2.45, 2.75) is 13.3 Å². The van der Waals surface area contributed by atoms with E-state index in [0.29, 0.717) is 22.3 Å². The maximum atomic E-state index is 12.3. The van der Waals surface area contributed by atoms with Crippen LogP contribution in [0.5, 0.6) is 0 Å². The number of fused-ring (bicyclic) bond motifs is 1. The number of benzene rings is 2. The molecule has 22 heavy (non-hydrogen) atoms. The molecule has 0 spiro atoms. The topological polar surface area (TPSA) is 67.5 Å². The van der Waals surface area contributed by atoms with Gasteiger partial charge in [0.25, 0.3) is 0 Å². The van der Waals surface area contributed by atoms with E-state index in [-0.39, 0.29) is 11.8 Å². The molecule has 4 nitrogen and oxygen atoms in total. The molecule has 0 radical (unpaired) electrons. The molecule has 3 rings (SSSR count). The van der Waals surface area contributed by atoms with Crippen molar-refractivity contribution in [2.75, 3.05) is 0 Å². The van der Waals surface area contributed by atoms with E-state index in [0.717, 1.165) is 11.1 Å². The van der Waals surface area contributed by atoms with Crippen LogP contribution in [0.1, 0.15) is 11.1 Å². The minimum atomic E-state index is -0.962. The lowest BCUT2D eigenvalue weighted by Gasteiger charge is -2.07. The van der Waals surface area contributed by atoms with Gasteiger partial charge in [-0.15, -0.1) is 0 Å². The summed E-state index contributed by atoms with van der Waals surface area (Å²) in [7, 11) is 0. The number of carbonyl (C=O) groups is 1. The maximum absolute atomic E-state index is 12.3. The number of carboxylic acids is 1. The summed E-state index contributed by atoms with van der Waals surface area (Å²) in [6.45, 7) is 1.98. The Bertz CT molecular complexity index is 905. The van der Waals surface area contributed by atoms with Gasteiger partial charge in [-0.1, -0.05) is 42.0 Å². The summed E-state index contributed by atoms with van der Waals surface area (Å²) < 4.78 is 5.84. The van der Waals surface area contributed by atoms with Gasteiger partial charge in [0.2, 0.25) is 0 Å². The van der Waals surface area contributed by atoms with Crippen molar-refractivity contribution in [3.05, 3.63) is 69.9 Å². The summed E-state index contributed by atoms with van der Waals surface area (Å²) in [5.74, 6) is -0.522. The van der Waals surface area contributed by atoms with Crippen molar-refractivity contribution in [3.63, 3.8) is 0 Å². The van der Waals surface area contributed by atoms with Crippen molar-refractivity contribution < 1.29 is 14.3 Å². The molecule has 1 heterocycles. The van der Waals surface area contributed by atoms with Crippen LogP contribution in [-0.2, 0) is 11.2 Å². The molecular weight excluding hydrogens is 280 g/mol. The van der Waals surface area contributed by atoms with Crippen LogP contribution in [-0.4, -0.2) is 11.1 Å². The summed E-state index contributed by atoms with van der Waals surface area (Å²) >= 11 is 0. The van der Waals surface area contributed by atoms with Crippen LogP contribution in [0, 0.1) is 6.92 Å². The van der Waals surface area contributed by atoms with Crippen LogP contribution in [0.15, 0.2) is 57.7 Å². The molecule has 1 aromatic heterocycles. The van der Waals surface area contributed by atoms with Gasteiger partial charge in [-0.25, -0.2) is 0 Å². The van der Waals surface area contributed by atoms with Crippen molar-refractivity contribution in [2.24, 2.45) is 0 Å². The minimum absolute atomic E-state index is 0.177. The van der Waals surface area contributed by atoms with Gasteiger partial charge >= 0.3 is 5.97 Å². The van der Waals surface area contributed by atoms with E-state index in [4.69, 9.17) is 9.52 Å². The molecule has 4 heteroatoms. The zero-order chi connectivity index (χ0) is 15.7.